The standard InChI is InChI=1S/C16H17N/c1-2-3-10-17-15-11-13-8-4-6-12-7-5-9-14(15)16(12)13/h4-9H,2-3,10-11H2,1H3. The third-order valence-corrected chi connectivity index (χ3v) is 3.47. The molecule has 86 valence electrons. The van der Waals surface area contributed by atoms with Gasteiger partial charge in [0, 0.05) is 24.2 Å². The minimum absolute atomic E-state index is 0.968. The van der Waals surface area contributed by atoms with Crippen molar-refractivity contribution in [1.82, 2.24) is 0 Å². The van der Waals surface area contributed by atoms with Gasteiger partial charge in [-0.1, -0.05) is 49.7 Å². The van der Waals surface area contributed by atoms with Gasteiger partial charge in [-0.25, -0.2) is 0 Å². The van der Waals surface area contributed by atoms with E-state index in [1.807, 2.05) is 0 Å². The van der Waals surface area contributed by atoms with E-state index in [1.54, 1.807) is 0 Å². The van der Waals surface area contributed by atoms with E-state index in [0.29, 0.717) is 0 Å². The molecule has 2 aromatic rings. The third kappa shape index (κ3) is 1.76. The first-order chi connectivity index (χ1) is 8.40. The average Bonchev–Trinajstić information content (AvgIpc) is 2.71. The summed E-state index contributed by atoms with van der Waals surface area (Å²) in [6.07, 6.45) is 3.42. The number of unbranched alkanes of at least 4 members (excludes halogenated alkanes) is 1. The van der Waals surface area contributed by atoms with Crippen LogP contribution in [-0.4, -0.2) is 12.3 Å². The van der Waals surface area contributed by atoms with E-state index >= 15 is 0 Å². The van der Waals surface area contributed by atoms with Gasteiger partial charge in [0.05, 0.1) is 0 Å². The van der Waals surface area contributed by atoms with Crippen LogP contribution in [0.2, 0.25) is 0 Å². The number of aliphatic imine (C=N–C) groups is 1. The molecule has 0 N–H and O–H groups in total. The lowest BCUT2D eigenvalue weighted by molar-refractivity contribution is 0.807. The van der Waals surface area contributed by atoms with Crippen molar-refractivity contribution in [2.45, 2.75) is 26.2 Å². The Labute approximate surface area is 102 Å². The molecule has 0 spiro atoms. The van der Waals surface area contributed by atoms with Crippen LogP contribution in [0.4, 0.5) is 0 Å². The molecule has 1 heteroatoms. The van der Waals surface area contributed by atoms with Gasteiger partial charge < -0.3 is 0 Å². The zero-order chi connectivity index (χ0) is 11.7. The summed E-state index contributed by atoms with van der Waals surface area (Å²) in [4.78, 5) is 4.77. The van der Waals surface area contributed by atoms with Gasteiger partial charge in [-0.15, -0.1) is 0 Å². The lowest BCUT2D eigenvalue weighted by Gasteiger charge is -2.00. The summed E-state index contributed by atoms with van der Waals surface area (Å²) in [7, 11) is 0. The lowest BCUT2D eigenvalue weighted by Crippen LogP contribution is -1.99. The summed E-state index contributed by atoms with van der Waals surface area (Å²) in [6.45, 7) is 3.18. The Morgan fingerprint density at radius 3 is 2.76 bits per heavy atom. The molecular weight excluding hydrogens is 206 g/mol. The molecule has 0 aromatic heterocycles. The molecule has 0 atom stereocenters. The molecule has 0 fully saturated rings. The molecule has 1 aliphatic rings. The molecule has 17 heavy (non-hydrogen) atoms. The topological polar surface area (TPSA) is 12.4 Å². The van der Waals surface area contributed by atoms with Crippen LogP contribution in [0.3, 0.4) is 0 Å². The van der Waals surface area contributed by atoms with Gasteiger partial charge in [0.15, 0.2) is 0 Å². The first-order valence-corrected chi connectivity index (χ1v) is 6.44. The normalized spacial score (nSPS) is 15.9. The fourth-order valence-electron chi connectivity index (χ4n) is 2.60. The van der Waals surface area contributed by atoms with Crippen LogP contribution in [0.15, 0.2) is 41.4 Å². The van der Waals surface area contributed by atoms with Gasteiger partial charge in [-0.05, 0) is 22.8 Å². The van der Waals surface area contributed by atoms with E-state index in [0.717, 1.165) is 13.0 Å². The van der Waals surface area contributed by atoms with E-state index < -0.39 is 0 Å². The summed E-state index contributed by atoms with van der Waals surface area (Å²) in [5.74, 6) is 0. The van der Waals surface area contributed by atoms with Crippen LogP contribution in [-0.2, 0) is 6.42 Å². The molecular formula is C16H17N. The molecule has 0 heterocycles. The maximum absolute atomic E-state index is 4.77. The summed E-state index contributed by atoms with van der Waals surface area (Å²) < 4.78 is 0. The van der Waals surface area contributed by atoms with Gasteiger partial charge in [-0.2, -0.15) is 0 Å². The van der Waals surface area contributed by atoms with E-state index in [-0.39, 0.29) is 0 Å². The molecule has 0 bridgehead atoms. The molecule has 0 aliphatic heterocycles. The van der Waals surface area contributed by atoms with Gasteiger partial charge in [0.25, 0.3) is 0 Å². The first kappa shape index (κ1) is 10.5. The van der Waals surface area contributed by atoms with E-state index in [2.05, 4.69) is 43.3 Å². The molecule has 0 unspecified atom stereocenters. The molecule has 1 nitrogen and oxygen atoms in total. The Morgan fingerprint density at radius 2 is 1.94 bits per heavy atom. The predicted octanol–water partition coefficient (Wildman–Crippen LogP) is 3.99. The highest BCUT2D eigenvalue weighted by molar-refractivity contribution is 6.17. The zero-order valence-electron chi connectivity index (χ0n) is 10.2. The molecule has 0 amide bonds. The summed E-state index contributed by atoms with van der Waals surface area (Å²) in [6, 6.07) is 13.1. The molecule has 1 aliphatic carbocycles. The van der Waals surface area contributed by atoms with Crippen molar-refractivity contribution in [2.24, 2.45) is 4.99 Å². The van der Waals surface area contributed by atoms with Crippen molar-refractivity contribution in [3.8, 4) is 0 Å². The van der Waals surface area contributed by atoms with Crippen molar-refractivity contribution >= 4 is 16.5 Å². The van der Waals surface area contributed by atoms with Crippen LogP contribution in [0.25, 0.3) is 10.8 Å². The van der Waals surface area contributed by atoms with Gasteiger partial charge in [0.1, 0.15) is 0 Å². The molecule has 0 saturated carbocycles. The highest BCUT2D eigenvalue weighted by Crippen LogP contribution is 2.30. The van der Waals surface area contributed by atoms with Crippen molar-refractivity contribution in [3.63, 3.8) is 0 Å². The summed E-state index contributed by atoms with van der Waals surface area (Å²) in [5.41, 5.74) is 4.08. The maximum atomic E-state index is 4.77. The zero-order valence-corrected chi connectivity index (χ0v) is 10.2. The Morgan fingerprint density at radius 1 is 1.12 bits per heavy atom. The Balaban J connectivity index is 2.07. The highest BCUT2D eigenvalue weighted by Gasteiger charge is 2.18. The minimum atomic E-state index is 0.968. The molecule has 2 aromatic carbocycles. The minimum Gasteiger partial charge on any atom is -0.289 e. The number of hydrogen-bond donors (Lipinski definition) is 0. The first-order valence-electron chi connectivity index (χ1n) is 6.44. The van der Waals surface area contributed by atoms with Gasteiger partial charge >= 0.3 is 0 Å². The number of nitrogens with zero attached hydrogens (tertiary/aromatic N) is 1. The van der Waals surface area contributed by atoms with E-state index in [4.69, 9.17) is 4.99 Å². The van der Waals surface area contributed by atoms with Gasteiger partial charge in [0.2, 0.25) is 0 Å². The monoisotopic (exact) mass is 223 g/mol. The van der Waals surface area contributed by atoms with Crippen LogP contribution in [0.1, 0.15) is 30.9 Å². The molecule has 0 saturated heterocycles. The average molecular weight is 223 g/mol. The van der Waals surface area contributed by atoms with Crippen molar-refractivity contribution in [1.29, 1.82) is 0 Å². The van der Waals surface area contributed by atoms with Crippen LogP contribution in [0, 0.1) is 0 Å². The Bertz CT molecular complexity index is 576. The largest absolute Gasteiger partial charge is 0.289 e. The number of hydrogen-bond acceptors (Lipinski definition) is 1. The number of benzene rings is 2. The highest BCUT2D eigenvalue weighted by atomic mass is 14.7. The SMILES string of the molecule is CCCCN=C1Cc2cccc3cccc1c23. The lowest BCUT2D eigenvalue weighted by atomic mass is 10.1. The third-order valence-electron chi connectivity index (χ3n) is 3.47. The second-order valence-corrected chi connectivity index (χ2v) is 4.68. The second-order valence-electron chi connectivity index (χ2n) is 4.68. The van der Waals surface area contributed by atoms with Crippen molar-refractivity contribution in [2.75, 3.05) is 6.54 Å². The fraction of sp³-hybridized carbons (Fsp3) is 0.312. The fourth-order valence-corrected chi connectivity index (χ4v) is 2.60. The maximum Gasteiger partial charge on any atom is 0.0470 e. The van der Waals surface area contributed by atoms with Crippen LogP contribution in [0.5, 0.6) is 0 Å². The van der Waals surface area contributed by atoms with Crippen LogP contribution < -0.4 is 0 Å². The van der Waals surface area contributed by atoms with Crippen molar-refractivity contribution < 1.29 is 0 Å². The molecule has 0 radical (unpaired) electrons. The predicted molar refractivity (Wildman–Crippen MR) is 74.0 cm³/mol. The Kier molecular flexibility index (Phi) is 2.68. The molecule has 3 rings (SSSR count). The summed E-state index contributed by atoms with van der Waals surface area (Å²) in [5, 5.41) is 2.77. The van der Waals surface area contributed by atoms with Gasteiger partial charge in [-0.3, -0.25) is 4.99 Å². The smallest absolute Gasteiger partial charge is 0.0470 e. The van der Waals surface area contributed by atoms with Crippen molar-refractivity contribution in [3.05, 3.63) is 47.5 Å². The quantitative estimate of drug-likeness (QED) is 0.698. The van der Waals surface area contributed by atoms with E-state index in [9.17, 15) is 0 Å². The van der Waals surface area contributed by atoms with E-state index in [1.165, 1.54) is 40.5 Å². The Hall–Kier alpha value is -1.63. The second kappa shape index (κ2) is 4.33. The van der Waals surface area contributed by atoms with Crippen LogP contribution >= 0.6 is 0 Å². The number of rotatable bonds is 3. The summed E-state index contributed by atoms with van der Waals surface area (Å²) >= 11 is 0.